The van der Waals surface area contributed by atoms with Crippen LogP contribution >= 0.6 is 0 Å². The Hall–Kier alpha value is -2.28. The van der Waals surface area contributed by atoms with Gasteiger partial charge in [-0.3, -0.25) is 0 Å². The Balaban J connectivity index is 2.03. The highest BCUT2D eigenvalue weighted by Crippen LogP contribution is 2.29. The summed E-state index contributed by atoms with van der Waals surface area (Å²) in [6, 6.07) is 24.0. The van der Waals surface area contributed by atoms with Gasteiger partial charge in [0, 0.05) is 18.8 Å². The van der Waals surface area contributed by atoms with Gasteiger partial charge in [0.15, 0.2) is 0 Å². The summed E-state index contributed by atoms with van der Waals surface area (Å²) in [5, 5.41) is 2.61. The van der Waals surface area contributed by atoms with Crippen molar-refractivity contribution in [3.63, 3.8) is 0 Å². The molecule has 0 heterocycles. The van der Waals surface area contributed by atoms with Gasteiger partial charge in [0.2, 0.25) is 0 Å². The largest absolute Gasteiger partial charge is 0.372 e. The van der Waals surface area contributed by atoms with Crippen LogP contribution in [0.15, 0.2) is 66.7 Å². The number of hydrogen-bond donors (Lipinski definition) is 0. The quantitative estimate of drug-likeness (QED) is 0.620. The lowest BCUT2D eigenvalue weighted by molar-refractivity contribution is 0.866. The van der Waals surface area contributed by atoms with Crippen molar-refractivity contribution in [1.29, 1.82) is 0 Å². The third-order valence-electron chi connectivity index (χ3n) is 4.10. The number of anilines is 1. The SMILES string of the molecule is CCN(CC)c1ccc(-c2cccc3ccccc23)cc1. The second-order valence-electron chi connectivity index (χ2n) is 5.25. The fourth-order valence-corrected chi connectivity index (χ4v) is 2.92. The number of hydrogen-bond acceptors (Lipinski definition) is 1. The Morgan fingerprint density at radius 2 is 1.38 bits per heavy atom. The molecule has 0 saturated carbocycles. The Labute approximate surface area is 126 Å². The highest BCUT2D eigenvalue weighted by molar-refractivity contribution is 5.96. The first-order chi connectivity index (χ1) is 10.3. The molecule has 0 N–H and O–H groups in total. The van der Waals surface area contributed by atoms with Crippen molar-refractivity contribution in [2.75, 3.05) is 18.0 Å². The minimum atomic E-state index is 1.05. The van der Waals surface area contributed by atoms with Crippen LogP contribution in [0.2, 0.25) is 0 Å². The van der Waals surface area contributed by atoms with Crippen LogP contribution in [0.3, 0.4) is 0 Å². The molecule has 0 atom stereocenters. The van der Waals surface area contributed by atoms with Gasteiger partial charge in [0.25, 0.3) is 0 Å². The highest BCUT2D eigenvalue weighted by atomic mass is 15.1. The van der Waals surface area contributed by atoms with Crippen LogP contribution in [0.5, 0.6) is 0 Å². The molecule has 0 fully saturated rings. The van der Waals surface area contributed by atoms with E-state index in [1.165, 1.54) is 27.6 Å². The first-order valence-electron chi connectivity index (χ1n) is 7.66. The van der Waals surface area contributed by atoms with Gasteiger partial charge < -0.3 is 4.90 Å². The molecule has 3 rings (SSSR count). The van der Waals surface area contributed by atoms with E-state index in [0.717, 1.165) is 13.1 Å². The topological polar surface area (TPSA) is 3.24 Å². The standard InChI is InChI=1S/C20H21N/c1-3-21(4-2)18-14-12-17(13-15-18)20-11-7-9-16-8-5-6-10-19(16)20/h5-15H,3-4H2,1-2H3. The minimum Gasteiger partial charge on any atom is -0.372 e. The maximum absolute atomic E-state index is 2.37. The molecule has 0 spiro atoms. The fourth-order valence-electron chi connectivity index (χ4n) is 2.92. The lowest BCUT2D eigenvalue weighted by Gasteiger charge is -2.21. The van der Waals surface area contributed by atoms with Gasteiger partial charge in [-0.15, -0.1) is 0 Å². The average Bonchev–Trinajstić information content (AvgIpc) is 2.56. The molecule has 3 aromatic carbocycles. The van der Waals surface area contributed by atoms with Gasteiger partial charge in [0.1, 0.15) is 0 Å². The van der Waals surface area contributed by atoms with Gasteiger partial charge in [-0.25, -0.2) is 0 Å². The van der Waals surface area contributed by atoms with E-state index < -0.39 is 0 Å². The monoisotopic (exact) mass is 275 g/mol. The summed E-state index contributed by atoms with van der Waals surface area (Å²) in [5.74, 6) is 0. The molecule has 1 nitrogen and oxygen atoms in total. The molecule has 0 bridgehead atoms. The third kappa shape index (κ3) is 2.64. The van der Waals surface area contributed by atoms with Crippen LogP contribution in [-0.2, 0) is 0 Å². The summed E-state index contributed by atoms with van der Waals surface area (Å²) in [6.45, 7) is 6.48. The minimum absolute atomic E-state index is 1.05. The molecule has 1 heteroatoms. The molecule has 106 valence electrons. The smallest absolute Gasteiger partial charge is 0.0366 e. The maximum Gasteiger partial charge on any atom is 0.0366 e. The second-order valence-corrected chi connectivity index (χ2v) is 5.25. The van der Waals surface area contributed by atoms with Gasteiger partial charge >= 0.3 is 0 Å². The molecule has 0 radical (unpaired) electrons. The van der Waals surface area contributed by atoms with Gasteiger partial charge in [-0.2, -0.15) is 0 Å². The fraction of sp³-hybridized carbons (Fsp3) is 0.200. The van der Waals surface area contributed by atoms with Crippen LogP contribution in [0, 0.1) is 0 Å². The molecule has 0 aromatic heterocycles. The lowest BCUT2D eigenvalue weighted by atomic mass is 9.98. The van der Waals surface area contributed by atoms with Crippen molar-refractivity contribution >= 4 is 16.5 Å². The average molecular weight is 275 g/mol. The number of fused-ring (bicyclic) bond motifs is 1. The Morgan fingerprint density at radius 3 is 2.10 bits per heavy atom. The number of rotatable bonds is 4. The zero-order valence-corrected chi connectivity index (χ0v) is 12.7. The van der Waals surface area contributed by atoms with E-state index in [0.29, 0.717) is 0 Å². The highest BCUT2D eigenvalue weighted by Gasteiger charge is 2.05. The molecule has 0 aliphatic carbocycles. The molecule has 0 aliphatic heterocycles. The number of nitrogens with zero attached hydrogens (tertiary/aromatic N) is 1. The van der Waals surface area contributed by atoms with Crippen LogP contribution in [-0.4, -0.2) is 13.1 Å². The Kier molecular flexibility index (Phi) is 3.92. The van der Waals surface area contributed by atoms with Crippen LogP contribution in [0.25, 0.3) is 21.9 Å². The van der Waals surface area contributed by atoms with Crippen molar-refractivity contribution in [2.45, 2.75) is 13.8 Å². The van der Waals surface area contributed by atoms with Crippen LogP contribution < -0.4 is 4.90 Å². The molecule has 0 aliphatic rings. The van der Waals surface area contributed by atoms with E-state index >= 15 is 0 Å². The maximum atomic E-state index is 2.37. The molecular formula is C20H21N. The van der Waals surface area contributed by atoms with Gasteiger partial charge in [0.05, 0.1) is 0 Å². The summed E-state index contributed by atoms with van der Waals surface area (Å²) in [7, 11) is 0. The van der Waals surface area contributed by atoms with Crippen molar-refractivity contribution in [2.24, 2.45) is 0 Å². The molecule has 21 heavy (non-hydrogen) atoms. The van der Waals surface area contributed by atoms with Crippen LogP contribution in [0.1, 0.15) is 13.8 Å². The zero-order chi connectivity index (χ0) is 14.7. The van der Waals surface area contributed by atoms with Crippen LogP contribution in [0.4, 0.5) is 5.69 Å². The predicted molar refractivity (Wildman–Crippen MR) is 92.9 cm³/mol. The molecular weight excluding hydrogens is 254 g/mol. The summed E-state index contributed by atoms with van der Waals surface area (Å²) in [4.78, 5) is 2.37. The van der Waals surface area contributed by atoms with E-state index in [1.807, 2.05) is 0 Å². The Bertz CT molecular complexity index is 719. The number of benzene rings is 3. The molecule has 0 unspecified atom stereocenters. The summed E-state index contributed by atoms with van der Waals surface area (Å²) < 4.78 is 0. The second kappa shape index (κ2) is 6.01. The van der Waals surface area contributed by atoms with Gasteiger partial charge in [-0.1, -0.05) is 54.6 Å². The zero-order valence-electron chi connectivity index (χ0n) is 12.7. The summed E-state index contributed by atoms with van der Waals surface area (Å²) >= 11 is 0. The molecule has 3 aromatic rings. The molecule has 0 saturated heterocycles. The molecule has 0 amide bonds. The first kappa shape index (κ1) is 13.7. The van der Waals surface area contributed by atoms with Crippen molar-refractivity contribution in [3.05, 3.63) is 66.7 Å². The normalized spacial score (nSPS) is 10.8. The lowest BCUT2D eigenvalue weighted by Crippen LogP contribution is -2.21. The Morgan fingerprint density at radius 1 is 0.714 bits per heavy atom. The van der Waals surface area contributed by atoms with E-state index in [9.17, 15) is 0 Å². The van der Waals surface area contributed by atoms with E-state index in [4.69, 9.17) is 0 Å². The van der Waals surface area contributed by atoms with Gasteiger partial charge in [-0.05, 0) is 47.9 Å². The predicted octanol–water partition coefficient (Wildman–Crippen LogP) is 5.35. The van der Waals surface area contributed by atoms with Crippen molar-refractivity contribution < 1.29 is 0 Å². The third-order valence-corrected chi connectivity index (χ3v) is 4.10. The van der Waals surface area contributed by atoms with E-state index in [-0.39, 0.29) is 0 Å². The van der Waals surface area contributed by atoms with E-state index in [1.54, 1.807) is 0 Å². The first-order valence-corrected chi connectivity index (χ1v) is 7.66. The summed E-state index contributed by atoms with van der Waals surface area (Å²) in [5.41, 5.74) is 3.88. The summed E-state index contributed by atoms with van der Waals surface area (Å²) in [6.07, 6.45) is 0. The van der Waals surface area contributed by atoms with Crippen molar-refractivity contribution in [3.8, 4) is 11.1 Å². The van der Waals surface area contributed by atoms with Crippen molar-refractivity contribution in [1.82, 2.24) is 0 Å². The van der Waals surface area contributed by atoms with E-state index in [2.05, 4.69) is 85.5 Å².